The number of ether oxygens (including phenoxy) is 2. The molecule has 0 aliphatic carbocycles. The number of rotatable bonds is 11. The fourth-order valence-electron chi connectivity index (χ4n) is 5.50. The monoisotopic (exact) mass is 588 g/mol. The fourth-order valence-corrected chi connectivity index (χ4v) is 5.50. The summed E-state index contributed by atoms with van der Waals surface area (Å²) < 4.78 is 11.3. The number of benzene rings is 4. The Morgan fingerprint density at radius 2 is 1.41 bits per heavy atom. The summed E-state index contributed by atoms with van der Waals surface area (Å²) in [5.74, 6) is -0.898. The highest BCUT2D eigenvalue weighted by Crippen LogP contribution is 2.37. The van der Waals surface area contributed by atoms with Crippen LogP contribution in [0.25, 0.3) is 0 Å². The maximum Gasteiger partial charge on any atom is 0.336 e. The average Bonchev–Trinajstić information content (AvgIpc) is 3.06. The van der Waals surface area contributed by atoms with Gasteiger partial charge in [-0.3, -0.25) is 9.59 Å². The zero-order chi connectivity index (χ0) is 30.9. The summed E-state index contributed by atoms with van der Waals surface area (Å²) in [6, 6.07) is 36.3. The highest BCUT2D eigenvalue weighted by molar-refractivity contribution is 5.97. The van der Waals surface area contributed by atoms with E-state index in [2.05, 4.69) is 5.32 Å². The zero-order valence-electron chi connectivity index (χ0n) is 24.9. The van der Waals surface area contributed by atoms with Crippen molar-refractivity contribution in [3.05, 3.63) is 149 Å². The van der Waals surface area contributed by atoms with Crippen molar-refractivity contribution in [2.45, 2.75) is 38.8 Å². The van der Waals surface area contributed by atoms with Crippen molar-refractivity contribution in [3.63, 3.8) is 0 Å². The van der Waals surface area contributed by atoms with E-state index in [0.717, 1.165) is 22.3 Å². The van der Waals surface area contributed by atoms with Crippen LogP contribution in [0.2, 0.25) is 0 Å². The third-order valence-electron chi connectivity index (χ3n) is 7.72. The van der Waals surface area contributed by atoms with Crippen LogP contribution in [0.1, 0.15) is 54.5 Å². The molecule has 1 unspecified atom stereocenters. The molecule has 2 amide bonds. The average molecular weight is 589 g/mol. The summed E-state index contributed by atoms with van der Waals surface area (Å²) in [6.45, 7) is 3.85. The van der Waals surface area contributed by atoms with Gasteiger partial charge in [0.2, 0.25) is 11.8 Å². The van der Waals surface area contributed by atoms with Gasteiger partial charge in [0.05, 0.1) is 18.2 Å². The molecule has 7 nitrogen and oxygen atoms in total. The van der Waals surface area contributed by atoms with E-state index in [-0.39, 0.29) is 31.4 Å². The lowest BCUT2D eigenvalue weighted by molar-refractivity contribution is -0.141. The second-order valence-electron chi connectivity index (χ2n) is 10.6. The van der Waals surface area contributed by atoms with Gasteiger partial charge in [-0.1, -0.05) is 103 Å². The summed E-state index contributed by atoms with van der Waals surface area (Å²) in [5, 5.41) is 3.09. The molecule has 0 bridgehead atoms. The molecule has 0 radical (unpaired) electrons. The molecule has 4 aromatic rings. The van der Waals surface area contributed by atoms with Crippen LogP contribution in [-0.2, 0) is 25.7 Å². The Hall–Kier alpha value is -5.17. The second-order valence-corrected chi connectivity index (χ2v) is 10.6. The smallest absolute Gasteiger partial charge is 0.336 e. The first kappa shape index (κ1) is 30.3. The predicted molar refractivity (Wildman–Crippen MR) is 168 cm³/mol. The number of carbonyl (C=O) groups is 3. The van der Waals surface area contributed by atoms with E-state index in [1.165, 1.54) is 4.90 Å². The van der Waals surface area contributed by atoms with Crippen LogP contribution in [0.4, 0.5) is 0 Å². The molecule has 1 aliphatic heterocycles. The molecule has 1 aliphatic rings. The number of esters is 1. The maximum absolute atomic E-state index is 13.5. The van der Waals surface area contributed by atoms with E-state index >= 15 is 0 Å². The van der Waals surface area contributed by atoms with Gasteiger partial charge in [0.1, 0.15) is 18.9 Å². The highest BCUT2D eigenvalue weighted by atomic mass is 16.5. The zero-order valence-corrected chi connectivity index (χ0v) is 24.9. The molecule has 1 N–H and O–H groups in total. The molecule has 0 aromatic heterocycles. The molecular formula is C37H36N2O5. The topological polar surface area (TPSA) is 84.9 Å². The molecule has 0 fully saturated rings. The number of hydrogen-bond donors (Lipinski definition) is 1. The minimum atomic E-state index is -0.509. The molecular weight excluding hydrogens is 552 g/mol. The minimum absolute atomic E-state index is 0.0315. The number of amides is 2. The van der Waals surface area contributed by atoms with Crippen molar-refractivity contribution in [2.75, 3.05) is 13.2 Å². The molecule has 1 heterocycles. The van der Waals surface area contributed by atoms with E-state index in [1.54, 1.807) is 13.8 Å². The Kier molecular flexibility index (Phi) is 9.87. The molecule has 5 rings (SSSR count). The Bertz CT molecular complexity index is 1560. The van der Waals surface area contributed by atoms with Crippen LogP contribution < -0.4 is 10.1 Å². The van der Waals surface area contributed by atoms with E-state index in [9.17, 15) is 14.4 Å². The van der Waals surface area contributed by atoms with Crippen molar-refractivity contribution in [1.82, 2.24) is 10.2 Å². The molecule has 0 saturated heterocycles. The largest absolute Gasteiger partial charge is 0.489 e. The summed E-state index contributed by atoms with van der Waals surface area (Å²) in [4.78, 5) is 41.6. The fraction of sp³-hybridized carbons (Fsp3) is 0.216. The third-order valence-corrected chi connectivity index (χ3v) is 7.72. The first-order valence-corrected chi connectivity index (χ1v) is 14.8. The molecule has 1 atom stereocenters. The van der Waals surface area contributed by atoms with Gasteiger partial charge in [-0.2, -0.15) is 0 Å². The van der Waals surface area contributed by atoms with E-state index in [0.29, 0.717) is 23.6 Å². The van der Waals surface area contributed by atoms with Crippen LogP contribution in [-0.4, -0.2) is 35.8 Å². The van der Waals surface area contributed by atoms with Crippen molar-refractivity contribution in [2.24, 2.45) is 0 Å². The standard InChI is InChI=1S/C37H36N2O5/c1-3-43-37(42)35-26(2)39(24-33(40)38-36(29-15-9-5-10-16-29)30-17-11-6-12-18-30)34(41)23-32(35)28-19-21-31(22-20-28)44-25-27-13-7-4-8-14-27/h4-22,32,36H,3,23-25H2,1-2H3,(H,38,40). The molecule has 0 spiro atoms. The second kappa shape index (κ2) is 14.3. The molecule has 7 heteroatoms. The third kappa shape index (κ3) is 7.24. The van der Waals surface area contributed by atoms with Crippen molar-refractivity contribution in [1.29, 1.82) is 0 Å². The lowest BCUT2D eigenvalue weighted by Crippen LogP contribution is -2.45. The molecule has 224 valence electrons. The Balaban J connectivity index is 1.36. The van der Waals surface area contributed by atoms with E-state index in [4.69, 9.17) is 9.47 Å². The number of allylic oxidation sites excluding steroid dienone is 1. The Morgan fingerprint density at radius 3 is 1.98 bits per heavy atom. The van der Waals surface area contributed by atoms with Gasteiger partial charge in [0.15, 0.2) is 0 Å². The Morgan fingerprint density at radius 1 is 0.841 bits per heavy atom. The molecule has 44 heavy (non-hydrogen) atoms. The first-order valence-electron chi connectivity index (χ1n) is 14.8. The summed E-state index contributed by atoms with van der Waals surface area (Å²) >= 11 is 0. The van der Waals surface area contributed by atoms with Crippen LogP contribution in [0.5, 0.6) is 5.75 Å². The van der Waals surface area contributed by atoms with Gasteiger partial charge >= 0.3 is 5.97 Å². The Labute approximate surface area is 258 Å². The van der Waals surface area contributed by atoms with Gasteiger partial charge in [-0.05, 0) is 48.2 Å². The summed E-state index contributed by atoms with van der Waals surface area (Å²) in [6.07, 6.45) is 0.0315. The van der Waals surface area contributed by atoms with Crippen LogP contribution in [0.3, 0.4) is 0 Å². The van der Waals surface area contributed by atoms with Gasteiger partial charge in [-0.15, -0.1) is 0 Å². The normalized spacial score (nSPS) is 14.8. The molecule has 4 aromatic carbocycles. The summed E-state index contributed by atoms with van der Waals surface area (Å²) in [5.41, 5.74) is 4.49. The minimum Gasteiger partial charge on any atom is -0.489 e. The van der Waals surface area contributed by atoms with Crippen LogP contribution >= 0.6 is 0 Å². The van der Waals surface area contributed by atoms with E-state index in [1.807, 2.05) is 115 Å². The quantitative estimate of drug-likeness (QED) is 0.207. The van der Waals surface area contributed by atoms with E-state index < -0.39 is 17.9 Å². The number of hydrogen-bond acceptors (Lipinski definition) is 5. The van der Waals surface area contributed by atoms with Gasteiger partial charge in [-0.25, -0.2) is 4.79 Å². The molecule has 0 saturated carbocycles. The highest BCUT2D eigenvalue weighted by Gasteiger charge is 2.37. The predicted octanol–water partition coefficient (Wildman–Crippen LogP) is 6.32. The number of nitrogens with one attached hydrogen (secondary N) is 1. The van der Waals surface area contributed by atoms with Gasteiger partial charge in [0.25, 0.3) is 0 Å². The SMILES string of the molecule is CCOC(=O)C1=C(C)N(CC(=O)NC(c2ccccc2)c2ccccc2)C(=O)CC1c1ccc(OCc2ccccc2)cc1. The van der Waals surface area contributed by atoms with Crippen LogP contribution in [0.15, 0.2) is 127 Å². The lowest BCUT2D eigenvalue weighted by atomic mass is 9.83. The number of nitrogens with zero attached hydrogens (tertiary/aromatic N) is 1. The van der Waals surface area contributed by atoms with Crippen molar-refractivity contribution in [3.8, 4) is 5.75 Å². The lowest BCUT2D eigenvalue weighted by Gasteiger charge is -2.34. The van der Waals surface area contributed by atoms with Crippen LogP contribution in [0, 0.1) is 0 Å². The van der Waals surface area contributed by atoms with Gasteiger partial charge < -0.3 is 19.7 Å². The number of carbonyl (C=O) groups excluding carboxylic acids is 3. The summed E-state index contributed by atoms with van der Waals surface area (Å²) in [7, 11) is 0. The maximum atomic E-state index is 13.5. The van der Waals surface area contributed by atoms with Crippen molar-refractivity contribution >= 4 is 17.8 Å². The van der Waals surface area contributed by atoms with Gasteiger partial charge in [0, 0.05) is 18.0 Å². The van der Waals surface area contributed by atoms with Crippen molar-refractivity contribution < 1.29 is 23.9 Å². The first-order chi connectivity index (χ1) is 21.4.